The SMILES string of the molecule is CN(C(=O)C1CCc2n[nH]nc2C1)c1ccccc1. The molecule has 3 rings (SSSR count). The van der Waals surface area contributed by atoms with E-state index in [0.29, 0.717) is 6.42 Å². The number of benzene rings is 1. The number of anilines is 1. The molecular formula is C14H16N4O. The molecule has 5 heteroatoms. The first-order valence-electron chi connectivity index (χ1n) is 6.47. The largest absolute Gasteiger partial charge is 0.315 e. The molecule has 1 aliphatic rings. The molecule has 1 amide bonds. The van der Waals surface area contributed by atoms with E-state index in [9.17, 15) is 4.79 Å². The molecule has 0 fully saturated rings. The minimum Gasteiger partial charge on any atom is -0.315 e. The highest BCUT2D eigenvalue weighted by atomic mass is 16.2. The fourth-order valence-electron chi connectivity index (χ4n) is 2.55. The Kier molecular flexibility index (Phi) is 3.03. The summed E-state index contributed by atoms with van der Waals surface area (Å²) in [6.45, 7) is 0. The molecule has 1 N–H and O–H groups in total. The zero-order chi connectivity index (χ0) is 13.2. The van der Waals surface area contributed by atoms with Crippen molar-refractivity contribution < 1.29 is 4.79 Å². The van der Waals surface area contributed by atoms with Gasteiger partial charge >= 0.3 is 0 Å². The van der Waals surface area contributed by atoms with Gasteiger partial charge in [-0.05, 0) is 25.0 Å². The van der Waals surface area contributed by atoms with E-state index in [1.807, 2.05) is 37.4 Å². The van der Waals surface area contributed by atoms with Crippen LogP contribution < -0.4 is 4.90 Å². The monoisotopic (exact) mass is 256 g/mol. The zero-order valence-corrected chi connectivity index (χ0v) is 10.8. The van der Waals surface area contributed by atoms with E-state index < -0.39 is 0 Å². The third kappa shape index (κ3) is 2.23. The summed E-state index contributed by atoms with van der Waals surface area (Å²) in [5.74, 6) is 0.155. The number of aromatic nitrogens is 3. The summed E-state index contributed by atoms with van der Waals surface area (Å²) in [5.41, 5.74) is 2.87. The van der Waals surface area contributed by atoms with Crippen molar-refractivity contribution in [2.75, 3.05) is 11.9 Å². The average molecular weight is 256 g/mol. The van der Waals surface area contributed by atoms with Crippen LogP contribution in [0.2, 0.25) is 0 Å². The first kappa shape index (κ1) is 11.9. The van der Waals surface area contributed by atoms with Crippen molar-refractivity contribution in [3.05, 3.63) is 41.7 Å². The van der Waals surface area contributed by atoms with Crippen LogP contribution in [0.15, 0.2) is 30.3 Å². The highest BCUT2D eigenvalue weighted by Crippen LogP contribution is 2.25. The number of rotatable bonds is 2. The normalized spacial score (nSPS) is 17.8. The Balaban J connectivity index is 1.75. The summed E-state index contributed by atoms with van der Waals surface area (Å²) < 4.78 is 0. The number of aryl methyl sites for hydroxylation is 1. The molecule has 1 aromatic heterocycles. The number of para-hydroxylation sites is 1. The van der Waals surface area contributed by atoms with Gasteiger partial charge in [-0.25, -0.2) is 0 Å². The topological polar surface area (TPSA) is 61.9 Å². The maximum atomic E-state index is 12.5. The van der Waals surface area contributed by atoms with Crippen molar-refractivity contribution in [3.63, 3.8) is 0 Å². The van der Waals surface area contributed by atoms with Gasteiger partial charge in [-0.2, -0.15) is 15.4 Å². The molecule has 1 unspecified atom stereocenters. The first-order valence-corrected chi connectivity index (χ1v) is 6.47. The maximum Gasteiger partial charge on any atom is 0.230 e. The van der Waals surface area contributed by atoms with E-state index in [4.69, 9.17) is 0 Å². The number of carbonyl (C=O) groups excluding carboxylic acids is 1. The first-order chi connectivity index (χ1) is 9.25. The Hall–Kier alpha value is -2.17. The van der Waals surface area contributed by atoms with Crippen molar-refractivity contribution in [3.8, 4) is 0 Å². The van der Waals surface area contributed by atoms with Crippen molar-refractivity contribution in [2.24, 2.45) is 5.92 Å². The fourth-order valence-corrected chi connectivity index (χ4v) is 2.55. The van der Waals surface area contributed by atoms with Gasteiger partial charge in [0.2, 0.25) is 5.91 Å². The maximum absolute atomic E-state index is 12.5. The number of fused-ring (bicyclic) bond motifs is 1. The summed E-state index contributed by atoms with van der Waals surface area (Å²) >= 11 is 0. The van der Waals surface area contributed by atoms with Crippen LogP contribution in [0.3, 0.4) is 0 Å². The summed E-state index contributed by atoms with van der Waals surface area (Å²) in [4.78, 5) is 14.2. The van der Waals surface area contributed by atoms with Crippen molar-refractivity contribution in [1.82, 2.24) is 15.4 Å². The van der Waals surface area contributed by atoms with E-state index in [2.05, 4.69) is 15.4 Å². The second-order valence-electron chi connectivity index (χ2n) is 4.89. The molecule has 5 nitrogen and oxygen atoms in total. The molecule has 0 radical (unpaired) electrons. The molecule has 0 bridgehead atoms. The third-order valence-electron chi connectivity index (χ3n) is 3.70. The molecule has 1 aliphatic carbocycles. The van der Waals surface area contributed by atoms with Crippen LogP contribution in [0.1, 0.15) is 17.8 Å². The van der Waals surface area contributed by atoms with Crippen LogP contribution in [0.25, 0.3) is 0 Å². The number of carbonyl (C=O) groups is 1. The number of hydrogen-bond acceptors (Lipinski definition) is 3. The summed E-state index contributed by atoms with van der Waals surface area (Å²) in [5, 5.41) is 10.8. The molecule has 1 aromatic carbocycles. The van der Waals surface area contributed by atoms with Gasteiger partial charge in [0.1, 0.15) is 0 Å². The van der Waals surface area contributed by atoms with Crippen LogP contribution in [0.5, 0.6) is 0 Å². The van der Waals surface area contributed by atoms with Gasteiger partial charge in [-0.1, -0.05) is 18.2 Å². The van der Waals surface area contributed by atoms with Crippen molar-refractivity contribution in [2.45, 2.75) is 19.3 Å². The lowest BCUT2D eigenvalue weighted by atomic mass is 9.88. The van der Waals surface area contributed by atoms with Crippen molar-refractivity contribution >= 4 is 11.6 Å². The number of aromatic amines is 1. The Morgan fingerprint density at radius 3 is 2.79 bits per heavy atom. The molecule has 0 saturated carbocycles. The highest BCUT2D eigenvalue weighted by Gasteiger charge is 2.29. The van der Waals surface area contributed by atoms with E-state index in [-0.39, 0.29) is 11.8 Å². The number of nitrogens with one attached hydrogen (secondary N) is 1. The molecular weight excluding hydrogens is 240 g/mol. The summed E-state index contributed by atoms with van der Waals surface area (Å²) in [6, 6.07) is 9.72. The number of nitrogens with zero attached hydrogens (tertiary/aromatic N) is 3. The molecule has 1 atom stereocenters. The Morgan fingerprint density at radius 1 is 1.26 bits per heavy atom. The molecule has 98 valence electrons. The predicted molar refractivity (Wildman–Crippen MR) is 71.7 cm³/mol. The van der Waals surface area contributed by atoms with E-state index in [0.717, 1.165) is 29.9 Å². The van der Waals surface area contributed by atoms with Crippen LogP contribution >= 0.6 is 0 Å². The van der Waals surface area contributed by atoms with Gasteiger partial charge in [0.15, 0.2) is 0 Å². The molecule has 0 spiro atoms. The minimum atomic E-state index is 0.00260. The standard InChI is InChI=1S/C14H16N4O/c1-18(11-5-3-2-4-6-11)14(19)10-7-8-12-13(9-10)16-17-15-12/h2-6,10H,7-9H2,1H3,(H,15,16,17). The van der Waals surface area contributed by atoms with E-state index in [1.54, 1.807) is 4.90 Å². The van der Waals surface area contributed by atoms with Gasteiger partial charge in [0.25, 0.3) is 0 Å². The smallest absolute Gasteiger partial charge is 0.230 e. The number of hydrogen-bond donors (Lipinski definition) is 1. The van der Waals surface area contributed by atoms with E-state index >= 15 is 0 Å². The Bertz CT molecular complexity index is 578. The van der Waals surface area contributed by atoms with Gasteiger partial charge < -0.3 is 4.90 Å². The van der Waals surface area contributed by atoms with Crippen LogP contribution in [-0.4, -0.2) is 28.4 Å². The van der Waals surface area contributed by atoms with Gasteiger partial charge in [-0.15, -0.1) is 0 Å². The quantitative estimate of drug-likeness (QED) is 0.887. The zero-order valence-electron chi connectivity index (χ0n) is 10.8. The van der Waals surface area contributed by atoms with Crippen LogP contribution in [0.4, 0.5) is 5.69 Å². The van der Waals surface area contributed by atoms with Gasteiger partial charge in [0.05, 0.1) is 11.4 Å². The second-order valence-corrected chi connectivity index (χ2v) is 4.89. The molecule has 0 saturated heterocycles. The molecule has 0 aliphatic heterocycles. The predicted octanol–water partition coefficient (Wildman–Crippen LogP) is 1.57. The van der Waals surface area contributed by atoms with Crippen LogP contribution in [0, 0.1) is 5.92 Å². The lowest BCUT2D eigenvalue weighted by molar-refractivity contribution is -0.122. The third-order valence-corrected chi connectivity index (χ3v) is 3.70. The summed E-state index contributed by atoms with van der Waals surface area (Å²) in [7, 11) is 1.83. The highest BCUT2D eigenvalue weighted by molar-refractivity contribution is 5.94. The molecule has 2 aromatic rings. The number of amides is 1. The van der Waals surface area contributed by atoms with E-state index in [1.165, 1.54) is 0 Å². The second kappa shape index (κ2) is 4.84. The number of H-pyrrole nitrogens is 1. The lowest BCUT2D eigenvalue weighted by Crippen LogP contribution is -2.35. The fraction of sp³-hybridized carbons (Fsp3) is 0.357. The average Bonchev–Trinajstić information content (AvgIpc) is 2.94. The summed E-state index contributed by atoms with van der Waals surface area (Å²) in [6.07, 6.45) is 2.35. The lowest BCUT2D eigenvalue weighted by Gasteiger charge is -2.25. The van der Waals surface area contributed by atoms with Gasteiger partial charge in [0, 0.05) is 25.1 Å². The Labute approximate surface area is 111 Å². The van der Waals surface area contributed by atoms with Crippen molar-refractivity contribution in [1.29, 1.82) is 0 Å². The molecule has 1 heterocycles. The molecule has 19 heavy (non-hydrogen) atoms. The minimum absolute atomic E-state index is 0.00260. The Morgan fingerprint density at radius 2 is 2.00 bits per heavy atom. The van der Waals surface area contributed by atoms with Crippen LogP contribution in [-0.2, 0) is 17.6 Å². The van der Waals surface area contributed by atoms with Gasteiger partial charge in [-0.3, -0.25) is 4.79 Å².